The van der Waals surface area contributed by atoms with Gasteiger partial charge in [0.2, 0.25) is 0 Å². The predicted molar refractivity (Wildman–Crippen MR) is 183 cm³/mol. The first-order valence-corrected chi connectivity index (χ1v) is 16.9. The molecule has 5 rings (SSSR count). The van der Waals surface area contributed by atoms with Gasteiger partial charge in [-0.1, -0.05) is 139 Å². The van der Waals surface area contributed by atoms with Crippen molar-refractivity contribution in [3.63, 3.8) is 0 Å². The van der Waals surface area contributed by atoms with Gasteiger partial charge in [0.15, 0.2) is 0 Å². The number of fused-ring (bicyclic) bond motifs is 3. The molecule has 0 spiro atoms. The minimum atomic E-state index is -0.0139. The molecule has 0 radical (unpaired) electrons. The van der Waals surface area contributed by atoms with Crippen LogP contribution < -0.4 is 0 Å². The van der Waals surface area contributed by atoms with E-state index < -0.39 is 0 Å². The van der Waals surface area contributed by atoms with E-state index >= 15 is 0 Å². The third kappa shape index (κ3) is 7.18. The van der Waals surface area contributed by atoms with Gasteiger partial charge < -0.3 is 10.2 Å². The van der Waals surface area contributed by atoms with Crippen LogP contribution in [0.25, 0.3) is 33.4 Å². The second kappa shape index (κ2) is 14.8. The lowest BCUT2D eigenvalue weighted by molar-refractivity contribution is 0.398. The molecule has 0 amide bonds. The molecule has 0 bridgehead atoms. The first-order chi connectivity index (χ1) is 21.1. The molecule has 4 aromatic carbocycles. The number of hydrogen-bond acceptors (Lipinski definition) is 2. The number of phenols is 2. The maximum absolute atomic E-state index is 9.93. The van der Waals surface area contributed by atoms with Crippen LogP contribution in [-0.2, 0) is 5.41 Å². The summed E-state index contributed by atoms with van der Waals surface area (Å²) in [6.45, 7) is 4.58. The van der Waals surface area contributed by atoms with Crippen molar-refractivity contribution in [3.05, 3.63) is 96.1 Å². The first-order valence-electron chi connectivity index (χ1n) is 16.9. The highest BCUT2D eigenvalue weighted by Gasteiger charge is 2.42. The van der Waals surface area contributed by atoms with Gasteiger partial charge in [-0.3, -0.25) is 0 Å². The molecule has 0 unspecified atom stereocenters. The summed E-state index contributed by atoms with van der Waals surface area (Å²) < 4.78 is 0. The van der Waals surface area contributed by atoms with E-state index in [1.165, 1.54) is 123 Å². The van der Waals surface area contributed by atoms with Crippen LogP contribution in [-0.4, -0.2) is 10.2 Å². The molecule has 1 aliphatic rings. The van der Waals surface area contributed by atoms with E-state index in [1.54, 1.807) is 24.3 Å². The SMILES string of the molecule is CCCCCCCCC1(CCCCCCCC)c2cc(-c3ccc(O)cc3)ccc2-c2ccc(-c3ccc(O)cc3)cc21. The molecule has 2 heteroatoms. The second-order valence-corrected chi connectivity index (χ2v) is 12.7. The Labute approximate surface area is 259 Å². The van der Waals surface area contributed by atoms with Gasteiger partial charge >= 0.3 is 0 Å². The Morgan fingerprint density at radius 1 is 0.419 bits per heavy atom. The van der Waals surface area contributed by atoms with Crippen molar-refractivity contribution in [1.82, 2.24) is 0 Å². The van der Waals surface area contributed by atoms with E-state index in [-0.39, 0.29) is 5.41 Å². The van der Waals surface area contributed by atoms with E-state index in [9.17, 15) is 10.2 Å². The topological polar surface area (TPSA) is 40.5 Å². The Bertz CT molecular complexity index is 1340. The molecule has 0 aromatic heterocycles. The zero-order valence-electron chi connectivity index (χ0n) is 26.4. The van der Waals surface area contributed by atoms with Crippen LogP contribution in [0.5, 0.6) is 11.5 Å². The zero-order chi connectivity index (χ0) is 30.1. The maximum atomic E-state index is 9.93. The Hall–Kier alpha value is -3.52. The maximum Gasteiger partial charge on any atom is 0.115 e. The second-order valence-electron chi connectivity index (χ2n) is 12.7. The minimum absolute atomic E-state index is 0.0139. The largest absolute Gasteiger partial charge is 0.508 e. The number of rotatable bonds is 16. The Morgan fingerprint density at radius 2 is 0.767 bits per heavy atom. The molecular formula is C41H50O2. The van der Waals surface area contributed by atoms with Crippen molar-refractivity contribution in [2.45, 2.75) is 109 Å². The minimum Gasteiger partial charge on any atom is -0.508 e. The lowest BCUT2D eigenvalue weighted by atomic mass is 9.70. The third-order valence-corrected chi connectivity index (χ3v) is 9.68. The summed E-state index contributed by atoms with van der Waals surface area (Å²) in [6.07, 6.45) is 18.0. The van der Waals surface area contributed by atoms with Gasteiger partial charge in [-0.2, -0.15) is 0 Å². The molecule has 0 saturated heterocycles. The predicted octanol–water partition coefficient (Wildman–Crippen LogP) is 12.2. The average molecular weight is 575 g/mol. The molecule has 43 heavy (non-hydrogen) atoms. The fourth-order valence-electron chi connectivity index (χ4n) is 7.24. The standard InChI is InChI=1S/C41H50O2/c1-3-5-7-9-11-13-27-41(28-14-12-10-8-6-4-2)39-29-33(31-15-21-35(42)22-16-31)19-25-37(39)38-26-20-34(30-40(38)41)32-17-23-36(43)24-18-32/h15-26,29-30,42-43H,3-14,27-28H2,1-2H3. The Balaban J connectivity index is 1.56. The van der Waals surface area contributed by atoms with Crippen LogP contribution in [0.2, 0.25) is 0 Å². The summed E-state index contributed by atoms with van der Waals surface area (Å²) in [6, 6.07) is 29.5. The number of hydrogen-bond donors (Lipinski definition) is 2. The molecule has 1 aliphatic carbocycles. The fraction of sp³-hybridized carbons (Fsp3) is 0.415. The first kappa shape index (κ1) is 30.9. The van der Waals surface area contributed by atoms with Gasteiger partial charge in [-0.05, 0) is 93.7 Å². The number of benzene rings is 4. The molecular weight excluding hydrogens is 524 g/mol. The van der Waals surface area contributed by atoms with Crippen molar-refractivity contribution < 1.29 is 10.2 Å². The monoisotopic (exact) mass is 574 g/mol. The summed E-state index contributed by atoms with van der Waals surface area (Å²) in [5, 5.41) is 19.9. The fourth-order valence-corrected chi connectivity index (χ4v) is 7.24. The molecule has 2 nitrogen and oxygen atoms in total. The van der Waals surface area contributed by atoms with Gasteiger partial charge in [0, 0.05) is 5.41 Å². The molecule has 226 valence electrons. The molecule has 2 N–H and O–H groups in total. The molecule has 0 aliphatic heterocycles. The number of unbranched alkanes of at least 4 members (excludes halogenated alkanes) is 10. The van der Waals surface area contributed by atoms with Gasteiger partial charge in [0.05, 0.1) is 0 Å². The van der Waals surface area contributed by atoms with Crippen molar-refractivity contribution >= 4 is 0 Å². The van der Waals surface area contributed by atoms with Crippen LogP contribution in [0.3, 0.4) is 0 Å². The normalized spacial score (nSPS) is 13.2. The van der Waals surface area contributed by atoms with E-state index in [1.807, 2.05) is 24.3 Å². The summed E-state index contributed by atoms with van der Waals surface area (Å²) in [5.74, 6) is 0.610. The molecule has 0 atom stereocenters. The summed E-state index contributed by atoms with van der Waals surface area (Å²) in [7, 11) is 0. The Kier molecular flexibility index (Phi) is 10.6. The lowest BCUT2D eigenvalue weighted by Crippen LogP contribution is -2.25. The zero-order valence-corrected chi connectivity index (χ0v) is 26.4. The highest BCUT2D eigenvalue weighted by atomic mass is 16.3. The van der Waals surface area contributed by atoms with Gasteiger partial charge in [-0.15, -0.1) is 0 Å². The van der Waals surface area contributed by atoms with Crippen LogP contribution >= 0.6 is 0 Å². The van der Waals surface area contributed by atoms with Crippen molar-refractivity contribution in [3.8, 4) is 44.9 Å². The van der Waals surface area contributed by atoms with Gasteiger partial charge in [0.25, 0.3) is 0 Å². The number of phenolic OH excluding ortho intramolecular Hbond substituents is 2. The summed E-state index contributed by atoms with van der Waals surface area (Å²) in [5.41, 5.74) is 10.5. The highest BCUT2D eigenvalue weighted by molar-refractivity contribution is 5.86. The van der Waals surface area contributed by atoms with E-state index in [0.717, 1.165) is 11.1 Å². The van der Waals surface area contributed by atoms with E-state index in [0.29, 0.717) is 11.5 Å². The van der Waals surface area contributed by atoms with E-state index in [4.69, 9.17) is 0 Å². The van der Waals surface area contributed by atoms with Gasteiger partial charge in [-0.25, -0.2) is 0 Å². The van der Waals surface area contributed by atoms with Crippen molar-refractivity contribution in [2.75, 3.05) is 0 Å². The smallest absolute Gasteiger partial charge is 0.115 e. The lowest BCUT2D eigenvalue weighted by Gasteiger charge is -2.33. The highest BCUT2D eigenvalue weighted by Crippen LogP contribution is 2.55. The molecule has 0 saturated carbocycles. The van der Waals surface area contributed by atoms with Crippen LogP contribution in [0, 0.1) is 0 Å². The number of aromatic hydroxyl groups is 2. The van der Waals surface area contributed by atoms with Crippen LogP contribution in [0.15, 0.2) is 84.9 Å². The van der Waals surface area contributed by atoms with Gasteiger partial charge in [0.1, 0.15) is 11.5 Å². The Morgan fingerprint density at radius 3 is 1.16 bits per heavy atom. The summed E-state index contributed by atoms with van der Waals surface area (Å²) >= 11 is 0. The third-order valence-electron chi connectivity index (χ3n) is 9.68. The van der Waals surface area contributed by atoms with Crippen molar-refractivity contribution in [2.24, 2.45) is 0 Å². The quantitative estimate of drug-likeness (QED) is 0.131. The van der Waals surface area contributed by atoms with Crippen molar-refractivity contribution in [1.29, 1.82) is 0 Å². The van der Waals surface area contributed by atoms with Crippen LogP contribution in [0.1, 0.15) is 115 Å². The summed E-state index contributed by atoms with van der Waals surface area (Å²) in [4.78, 5) is 0. The molecule has 4 aromatic rings. The van der Waals surface area contributed by atoms with Crippen LogP contribution in [0.4, 0.5) is 0 Å². The van der Waals surface area contributed by atoms with E-state index in [2.05, 4.69) is 50.2 Å². The molecule has 0 fully saturated rings. The molecule has 0 heterocycles. The average Bonchev–Trinajstić information content (AvgIpc) is 3.29.